The minimum Gasteiger partial charge on any atom is -0.307 e. The monoisotopic (exact) mass is 548 g/mol. The molecular weight excluding hydrogens is 534 g/mol. The zero-order chi connectivity index (χ0) is 26.7. The first-order valence-corrected chi connectivity index (χ1v) is 11.8. The molecule has 192 valence electrons. The predicted octanol–water partition coefficient (Wildman–Crippen LogP) is 3.22. The summed E-state index contributed by atoms with van der Waals surface area (Å²) in [7, 11) is -11.7. The third-order valence-corrected chi connectivity index (χ3v) is 6.02. The van der Waals surface area contributed by atoms with Crippen molar-refractivity contribution in [2.24, 2.45) is 0 Å². The number of nitrogens with one attached hydrogen (secondary N) is 4. The Morgan fingerprint density at radius 2 is 0.886 bits per heavy atom. The average Bonchev–Trinajstić information content (AvgIpc) is 2.68. The minimum absolute atomic E-state index is 0.0111. The van der Waals surface area contributed by atoms with Crippen molar-refractivity contribution in [3.05, 3.63) is 59.7 Å². The van der Waals surface area contributed by atoms with Gasteiger partial charge >= 0.3 is 43.1 Å². The van der Waals surface area contributed by atoms with Gasteiger partial charge in [-0.25, -0.2) is 19.0 Å². The number of urea groups is 2. The van der Waals surface area contributed by atoms with Crippen LogP contribution in [0.25, 0.3) is 0 Å². The number of carbonyl (C=O) groups is 2. The second kappa shape index (κ2) is 9.98. The normalized spacial score (nSPS) is 12.5. The molecule has 0 saturated carbocycles. The fraction of sp³-hybridized carbons (Fsp3) is 0.176. The lowest BCUT2D eigenvalue weighted by atomic mass is 10.0. The summed E-state index contributed by atoms with van der Waals surface area (Å²) in [5.41, 5.74) is -10.1. The number of hydrogen-bond donors (Lipinski definition) is 4. The van der Waals surface area contributed by atoms with Gasteiger partial charge in [0.05, 0.1) is 0 Å². The van der Waals surface area contributed by atoms with E-state index < -0.39 is 43.1 Å². The zero-order valence-corrected chi connectivity index (χ0v) is 18.5. The number of alkyl halides is 6. The molecule has 0 aliphatic rings. The fourth-order valence-electron chi connectivity index (χ4n) is 2.32. The van der Waals surface area contributed by atoms with Gasteiger partial charge in [0, 0.05) is 11.4 Å². The van der Waals surface area contributed by atoms with E-state index in [0.717, 1.165) is 9.44 Å². The Morgan fingerprint density at radius 3 is 1.14 bits per heavy atom. The molecule has 0 aliphatic carbocycles. The summed E-state index contributed by atoms with van der Waals surface area (Å²) >= 11 is 0. The maximum Gasteiger partial charge on any atom is 0.516 e. The van der Waals surface area contributed by atoms with Crippen molar-refractivity contribution in [3.8, 4) is 0 Å². The Morgan fingerprint density at radius 1 is 0.600 bits per heavy atom. The number of anilines is 2. The van der Waals surface area contributed by atoms with Gasteiger partial charge in [0.15, 0.2) is 0 Å². The van der Waals surface area contributed by atoms with Gasteiger partial charge in [-0.1, -0.05) is 24.3 Å². The van der Waals surface area contributed by atoms with Gasteiger partial charge in [0.2, 0.25) is 0 Å². The first kappa shape index (κ1) is 27.7. The Bertz CT molecular complexity index is 1190. The molecule has 0 spiro atoms. The smallest absolute Gasteiger partial charge is 0.307 e. The molecule has 0 aromatic heterocycles. The Balaban J connectivity index is 1.94. The lowest BCUT2D eigenvalue weighted by molar-refractivity contribution is -0.0449. The zero-order valence-electron chi connectivity index (χ0n) is 16.9. The third kappa shape index (κ3) is 7.74. The second-order valence-corrected chi connectivity index (χ2v) is 9.93. The molecule has 2 rings (SSSR count). The molecule has 10 nitrogen and oxygen atoms in total. The van der Waals surface area contributed by atoms with E-state index in [4.69, 9.17) is 0 Å². The molecule has 18 heteroatoms. The van der Waals surface area contributed by atoms with E-state index in [1.807, 2.05) is 10.6 Å². The number of sulfonamides is 2. The van der Waals surface area contributed by atoms with Crippen molar-refractivity contribution in [2.75, 3.05) is 10.6 Å². The number of halogens is 6. The highest BCUT2D eigenvalue weighted by Gasteiger charge is 2.47. The molecule has 0 bridgehead atoms. The molecule has 0 unspecified atom stereocenters. The number of amides is 4. The number of benzene rings is 2. The lowest BCUT2D eigenvalue weighted by Crippen LogP contribution is -2.42. The average molecular weight is 548 g/mol. The number of rotatable bonds is 6. The van der Waals surface area contributed by atoms with Crippen LogP contribution in [0, 0.1) is 0 Å². The molecule has 0 fully saturated rings. The van der Waals surface area contributed by atoms with E-state index in [-0.39, 0.29) is 17.8 Å². The van der Waals surface area contributed by atoms with Crippen LogP contribution in [0.5, 0.6) is 0 Å². The highest BCUT2D eigenvalue weighted by Crippen LogP contribution is 2.23. The van der Waals surface area contributed by atoms with E-state index in [1.54, 1.807) is 0 Å². The Labute approximate surface area is 193 Å². The van der Waals surface area contributed by atoms with Crippen LogP contribution in [0.2, 0.25) is 0 Å². The largest absolute Gasteiger partial charge is 0.516 e. The van der Waals surface area contributed by atoms with E-state index in [1.165, 1.54) is 48.5 Å². The van der Waals surface area contributed by atoms with Crippen molar-refractivity contribution >= 4 is 43.5 Å². The van der Waals surface area contributed by atoms with Gasteiger partial charge in [-0.3, -0.25) is 0 Å². The van der Waals surface area contributed by atoms with Crippen LogP contribution in [0.1, 0.15) is 11.1 Å². The first-order valence-electron chi connectivity index (χ1n) is 8.88. The first-order chi connectivity index (χ1) is 15.9. The van der Waals surface area contributed by atoms with E-state index in [0.29, 0.717) is 11.1 Å². The molecule has 0 atom stereocenters. The molecule has 35 heavy (non-hydrogen) atoms. The maximum atomic E-state index is 12.3. The van der Waals surface area contributed by atoms with E-state index in [9.17, 15) is 52.8 Å². The van der Waals surface area contributed by atoms with Crippen LogP contribution in [0.15, 0.2) is 48.5 Å². The van der Waals surface area contributed by atoms with E-state index in [2.05, 4.69) is 0 Å². The predicted molar refractivity (Wildman–Crippen MR) is 110 cm³/mol. The highest BCUT2D eigenvalue weighted by atomic mass is 32.2. The lowest BCUT2D eigenvalue weighted by Gasteiger charge is -2.11. The molecule has 0 radical (unpaired) electrons. The molecule has 4 N–H and O–H groups in total. The molecular formula is C17H14F6N4O6S2. The summed E-state index contributed by atoms with van der Waals surface area (Å²) in [5, 5.41) is 3.85. The van der Waals surface area contributed by atoms with Crippen molar-refractivity contribution in [1.82, 2.24) is 9.44 Å². The SMILES string of the molecule is O=C(Nc1ccc(Cc2ccc(NC(=O)NS(=O)(=O)C(F)(F)F)cc2)cc1)NS(=O)(=O)C(F)(F)F. The van der Waals surface area contributed by atoms with Crippen molar-refractivity contribution in [1.29, 1.82) is 0 Å². The van der Waals surface area contributed by atoms with Crippen molar-refractivity contribution < 1.29 is 52.8 Å². The molecule has 4 amide bonds. The summed E-state index contributed by atoms with van der Waals surface area (Å²) < 4.78 is 119. The van der Waals surface area contributed by atoms with Crippen LogP contribution < -0.4 is 20.1 Å². The van der Waals surface area contributed by atoms with Gasteiger partial charge in [0.25, 0.3) is 0 Å². The van der Waals surface area contributed by atoms with Crippen LogP contribution in [0.4, 0.5) is 47.3 Å². The molecule has 0 heterocycles. The second-order valence-electron chi connectivity index (χ2n) is 6.58. The van der Waals surface area contributed by atoms with Gasteiger partial charge < -0.3 is 10.6 Å². The minimum atomic E-state index is -5.86. The molecule has 2 aromatic carbocycles. The van der Waals surface area contributed by atoms with Crippen LogP contribution in [0.3, 0.4) is 0 Å². The standard InChI is InChI=1S/C17H14F6N4O6S2/c18-16(19,20)34(30,31)26-14(28)24-12-5-1-10(2-6-12)9-11-3-7-13(8-4-11)25-15(29)27-35(32,33)17(21,22)23/h1-8H,9H2,(H2,24,26,28)(H2,25,27,29). The summed E-state index contributed by atoms with van der Waals surface area (Å²) in [6.45, 7) is 0. The van der Waals surface area contributed by atoms with Gasteiger partial charge in [-0.05, 0) is 41.8 Å². The summed E-state index contributed by atoms with van der Waals surface area (Å²) in [6.07, 6.45) is 0.268. The number of carbonyl (C=O) groups excluding carboxylic acids is 2. The fourth-order valence-corrected chi connectivity index (χ4v) is 3.14. The summed E-state index contributed by atoms with van der Waals surface area (Å²) in [5.74, 6) is 0. The van der Waals surface area contributed by atoms with Gasteiger partial charge in [-0.15, -0.1) is 0 Å². The quantitative estimate of drug-likeness (QED) is 0.407. The molecule has 2 aromatic rings. The van der Waals surface area contributed by atoms with Crippen molar-refractivity contribution in [3.63, 3.8) is 0 Å². The van der Waals surface area contributed by atoms with Crippen LogP contribution in [-0.2, 0) is 26.5 Å². The van der Waals surface area contributed by atoms with Crippen molar-refractivity contribution in [2.45, 2.75) is 17.4 Å². The highest BCUT2D eigenvalue weighted by molar-refractivity contribution is 7.91. The topological polar surface area (TPSA) is 151 Å². The molecule has 0 saturated heterocycles. The third-order valence-electron chi connectivity index (χ3n) is 3.90. The van der Waals surface area contributed by atoms with Gasteiger partial charge in [-0.2, -0.15) is 43.2 Å². The summed E-state index contributed by atoms with van der Waals surface area (Å²) in [6, 6.07) is 7.78. The van der Waals surface area contributed by atoms with Crippen LogP contribution >= 0.6 is 0 Å². The van der Waals surface area contributed by atoms with Gasteiger partial charge in [0.1, 0.15) is 0 Å². The number of hydrogen-bond acceptors (Lipinski definition) is 6. The maximum absolute atomic E-state index is 12.3. The van der Waals surface area contributed by atoms with Crippen LogP contribution in [-0.4, -0.2) is 39.9 Å². The Hall–Kier alpha value is -3.54. The summed E-state index contributed by atoms with van der Waals surface area (Å²) in [4.78, 5) is 22.9. The molecule has 0 aliphatic heterocycles. The van der Waals surface area contributed by atoms with E-state index >= 15 is 0 Å². The Kier molecular flexibility index (Phi) is 7.90.